The summed E-state index contributed by atoms with van der Waals surface area (Å²) < 4.78 is 4.63. The van der Waals surface area contributed by atoms with Crippen LogP contribution in [-0.4, -0.2) is 32.1 Å². The van der Waals surface area contributed by atoms with E-state index < -0.39 is 5.97 Å². The van der Waals surface area contributed by atoms with E-state index in [1.807, 2.05) is 6.92 Å². The van der Waals surface area contributed by atoms with Gasteiger partial charge in [0.1, 0.15) is 0 Å². The van der Waals surface area contributed by atoms with Crippen LogP contribution in [0.4, 0.5) is 5.69 Å². The molecule has 5 heteroatoms. The van der Waals surface area contributed by atoms with E-state index in [4.69, 9.17) is 0 Å². The van der Waals surface area contributed by atoms with E-state index >= 15 is 0 Å². The molecule has 1 rings (SSSR count). The number of carbonyl (C=O) groups excluding carboxylic acids is 2. The number of carbonyl (C=O) groups is 2. The van der Waals surface area contributed by atoms with Gasteiger partial charge in [-0.2, -0.15) is 0 Å². The van der Waals surface area contributed by atoms with E-state index in [2.05, 4.69) is 21.9 Å². The van der Waals surface area contributed by atoms with E-state index in [0.717, 1.165) is 5.56 Å². The fraction of sp³-hybridized carbons (Fsp3) is 0.286. The van der Waals surface area contributed by atoms with Gasteiger partial charge in [0.05, 0.1) is 19.2 Å². The zero-order valence-electron chi connectivity index (χ0n) is 11.2. The number of hydrogen-bond donors (Lipinski definition) is 2. The Hall–Kier alpha value is -2.14. The molecule has 0 radical (unpaired) electrons. The molecule has 102 valence electrons. The second-order valence-corrected chi connectivity index (χ2v) is 3.99. The highest BCUT2D eigenvalue weighted by molar-refractivity contribution is 5.94. The quantitative estimate of drug-likeness (QED) is 0.463. The zero-order valence-corrected chi connectivity index (χ0v) is 11.2. The van der Waals surface area contributed by atoms with Gasteiger partial charge in [0.25, 0.3) is 0 Å². The SMILES string of the molecule is C=CCNCC(=O)Nc1ccc(C(=O)OC)cc1C. The molecule has 0 bridgehead atoms. The van der Waals surface area contributed by atoms with Gasteiger partial charge >= 0.3 is 5.97 Å². The zero-order chi connectivity index (χ0) is 14.3. The predicted molar refractivity (Wildman–Crippen MR) is 74.2 cm³/mol. The predicted octanol–water partition coefficient (Wildman–Crippen LogP) is 1.50. The third kappa shape index (κ3) is 4.56. The Bertz CT molecular complexity index is 484. The minimum absolute atomic E-state index is 0.143. The first-order valence-corrected chi connectivity index (χ1v) is 5.89. The lowest BCUT2D eigenvalue weighted by Crippen LogP contribution is -2.28. The number of ether oxygens (including phenoxy) is 1. The Labute approximate surface area is 112 Å². The van der Waals surface area contributed by atoms with E-state index in [0.29, 0.717) is 17.8 Å². The Morgan fingerprint density at radius 3 is 2.74 bits per heavy atom. The van der Waals surface area contributed by atoms with E-state index in [-0.39, 0.29) is 12.5 Å². The molecule has 1 aromatic rings. The maximum absolute atomic E-state index is 11.6. The fourth-order valence-electron chi connectivity index (χ4n) is 1.53. The van der Waals surface area contributed by atoms with Crippen molar-refractivity contribution in [3.05, 3.63) is 42.0 Å². The van der Waals surface area contributed by atoms with Crippen LogP contribution in [0.25, 0.3) is 0 Å². The van der Waals surface area contributed by atoms with Crippen molar-refractivity contribution in [2.75, 3.05) is 25.5 Å². The van der Waals surface area contributed by atoms with Crippen molar-refractivity contribution in [3.8, 4) is 0 Å². The molecule has 0 aromatic heterocycles. The van der Waals surface area contributed by atoms with Gasteiger partial charge in [-0.05, 0) is 30.7 Å². The van der Waals surface area contributed by atoms with Gasteiger partial charge in [0, 0.05) is 12.2 Å². The molecular formula is C14H18N2O3. The molecule has 0 atom stereocenters. The number of aryl methyl sites for hydroxylation is 1. The monoisotopic (exact) mass is 262 g/mol. The van der Waals surface area contributed by atoms with Crippen LogP contribution in [0.5, 0.6) is 0 Å². The van der Waals surface area contributed by atoms with Gasteiger partial charge < -0.3 is 15.4 Å². The highest BCUT2D eigenvalue weighted by Gasteiger charge is 2.09. The number of esters is 1. The van der Waals surface area contributed by atoms with Crippen molar-refractivity contribution in [2.24, 2.45) is 0 Å². The van der Waals surface area contributed by atoms with Crippen LogP contribution >= 0.6 is 0 Å². The standard InChI is InChI=1S/C14H18N2O3/c1-4-7-15-9-13(17)16-12-6-5-11(8-10(12)2)14(18)19-3/h4-6,8,15H,1,7,9H2,2-3H3,(H,16,17). The first-order valence-electron chi connectivity index (χ1n) is 5.89. The van der Waals surface area contributed by atoms with Crippen molar-refractivity contribution in [1.29, 1.82) is 0 Å². The van der Waals surface area contributed by atoms with Gasteiger partial charge in [-0.15, -0.1) is 6.58 Å². The van der Waals surface area contributed by atoms with Crippen LogP contribution in [0.15, 0.2) is 30.9 Å². The van der Waals surface area contributed by atoms with Gasteiger partial charge in [-0.25, -0.2) is 4.79 Å². The number of rotatable bonds is 6. The van der Waals surface area contributed by atoms with Crippen LogP contribution in [0.3, 0.4) is 0 Å². The largest absolute Gasteiger partial charge is 0.465 e. The van der Waals surface area contributed by atoms with E-state index in [1.165, 1.54) is 7.11 Å². The van der Waals surface area contributed by atoms with Crippen molar-refractivity contribution in [2.45, 2.75) is 6.92 Å². The molecule has 1 amide bonds. The number of methoxy groups -OCH3 is 1. The molecule has 0 aliphatic rings. The Balaban J connectivity index is 2.67. The lowest BCUT2D eigenvalue weighted by atomic mass is 10.1. The summed E-state index contributed by atoms with van der Waals surface area (Å²) in [7, 11) is 1.33. The molecule has 0 aliphatic carbocycles. The topological polar surface area (TPSA) is 67.4 Å². The number of benzene rings is 1. The molecule has 0 heterocycles. The molecule has 0 saturated heterocycles. The Morgan fingerprint density at radius 2 is 2.16 bits per heavy atom. The van der Waals surface area contributed by atoms with Gasteiger partial charge in [-0.1, -0.05) is 6.08 Å². The molecule has 0 unspecified atom stereocenters. The molecule has 1 aromatic carbocycles. The molecule has 5 nitrogen and oxygen atoms in total. The highest BCUT2D eigenvalue weighted by atomic mass is 16.5. The molecule has 19 heavy (non-hydrogen) atoms. The first kappa shape index (κ1) is 14.9. The van der Waals surface area contributed by atoms with Crippen LogP contribution in [0, 0.1) is 6.92 Å². The molecular weight excluding hydrogens is 244 g/mol. The minimum atomic E-state index is -0.395. The maximum atomic E-state index is 11.6. The first-order chi connectivity index (χ1) is 9.08. The van der Waals surface area contributed by atoms with Crippen LogP contribution < -0.4 is 10.6 Å². The summed E-state index contributed by atoms with van der Waals surface area (Å²) in [5.41, 5.74) is 1.95. The molecule has 0 saturated carbocycles. The number of hydrogen-bond acceptors (Lipinski definition) is 4. The summed E-state index contributed by atoms with van der Waals surface area (Å²) in [4.78, 5) is 23.0. The average Bonchev–Trinajstić information content (AvgIpc) is 2.40. The molecule has 0 fully saturated rings. The lowest BCUT2D eigenvalue weighted by molar-refractivity contribution is -0.115. The number of nitrogens with one attached hydrogen (secondary N) is 2. The summed E-state index contributed by atoms with van der Waals surface area (Å²) in [6.45, 7) is 6.16. The van der Waals surface area contributed by atoms with Crippen LogP contribution in [0.1, 0.15) is 15.9 Å². The minimum Gasteiger partial charge on any atom is -0.465 e. The summed E-state index contributed by atoms with van der Waals surface area (Å²) >= 11 is 0. The van der Waals surface area contributed by atoms with E-state index in [1.54, 1.807) is 24.3 Å². The third-order valence-corrected chi connectivity index (χ3v) is 2.50. The van der Waals surface area contributed by atoms with Crippen LogP contribution in [-0.2, 0) is 9.53 Å². The summed E-state index contributed by atoms with van der Waals surface area (Å²) in [6, 6.07) is 4.98. The van der Waals surface area contributed by atoms with Crippen LogP contribution in [0.2, 0.25) is 0 Å². The molecule has 0 aliphatic heterocycles. The maximum Gasteiger partial charge on any atom is 0.337 e. The highest BCUT2D eigenvalue weighted by Crippen LogP contribution is 2.16. The second kappa shape index (κ2) is 7.33. The normalized spacial score (nSPS) is 9.79. The van der Waals surface area contributed by atoms with Crippen molar-refractivity contribution >= 4 is 17.6 Å². The molecule has 2 N–H and O–H groups in total. The van der Waals surface area contributed by atoms with Gasteiger partial charge in [0.2, 0.25) is 5.91 Å². The number of anilines is 1. The summed E-state index contributed by atoms with van der Waals surface area (Å²) in [6.07, 6.45) is 1.68. The third-order valence-electron chi connectivity index (χ3n) is 2.50. The van der Waals surface area contributed by atoms with Crippen molar-refractivity contribution < 1.29 is 14.3 Å². The lowest BCUT2D eigenvalue weighted by Gasteiger charge is -2.09. The Morgan fingerprint density at radius 1 is 1.42 bits per heavy atom. The fourth-order valence-corrected chi connectivity index (χ4v) is 1.53. The number of amides is 1. The van der Waals surface area contributed by atoms with Crippen molar-refractivity contribution in [1.82, 2.24) is 5.32 Å². The smallest absolute Gasteiger partial charge is 0.337 e. The molecule has 0 spiro atoms. The van der Waals surface area contributed by atoms with Crippen molar-refractivity contribution in [3.63, 3.8) is 0 Å². The summed E-state index contributed by atoms with van der Waals surface area (Å²) in [5, 5.41) is 5.67. The summed E-state index contributed by atoms with van der Waals surface area (Å²) in [5.74, 6) is -0.538. The van der Waals surface area contributed by atoms with E-state index in [9.17, 15) is 9.59 Å². The Kier molecular flexibility index (Phi) is 5.75. The average molecular weight is 262 g/mol. The van der Waals surface area contributed by atoms with Gasteiger partial charge in [0.15, 0.2) is 0 Å². The van der Waals surface area contributed by atoms with Gasteiger partial charge in [-0.3, -0.25) is 4.79 Å². The second-order valence-electron chi connectivity index (χ2n) is 3.99.